The highest BCUT2D eigenvalue weighted by Gasteiger charge is 2.24. The molecule has 7 heteroatoms. The third-order valence-electron chi connectivity index (χ3n) is 1.52. The van der Waals surface area contributed by atoms with Gasteiger partial charge in [-0.1, -0.05) is 0 Å². The Kier molecular flexibility index (Phi) is 2.58. The Hall–Kier alpha value is -1.81. The zero-order valence-electron chi connectivity index (χ0n) is 6.54. The molecule has 1 aromatic carbocycles. The van der Waals surface area contributed by atoms with Crippen molar-refractivity contribution in [3.63, 3.8) is 0 Å². The summed E-state index contributed by atoms with van der Waals surface area (Å²) in [6.45, 7) is 0. The predicted octanol–water partition coefficient (Wildman–Crippen LogP) is 1.40. The summed E-state index contributed by atoms with van der Waals surface area (Å²) >= 11 is 0. The third-order valence-corrected chi connectivity index (χ3v) is 1.52. The molecule has 0 aromatic heterocycles. The fraction of sp³-hybridized carbons (Fsp3) is 0. The molecule has 3 N–H and O–H groups in total. The van der Waals surface area contributed by atoms with Gasteiger partial charge in [0.05, 0.1) is 0 Å². The predicted molar refractivity (Wildman–Crippen MR) is 38.8 cm³/mol. The van der Waals surface area contributed by atoms with Crippen LogP contribution in [-0.4, -0.2) is 0 Å². The summed E-state index contributed by atoms with van der Waals surface area (Å²) < 4.78 is 51.2. The number of hydrogen-bond acceptors (Lipinski definition) is 3. The third kappa shape index (κ3) is 1.25. The van der Waals surface area contributed by atoms with Crippen molar-refractivity contribution in [2.24, 2.45) is 5.84 Å². The highest BCUT2D eigenvalue weighted by Crippen LogP contribution is 2.26. The average Bonchev–Trinajstić information content (AvgIpc) is 2.17. The number of nitrogens with one attached hydrogen (secondary N) is 1. The molecule has 0 aliphatic carbocycles. The summed E-state index contributed by atoms with van der Waals surface area (Å²) in [5.41, 5.74) is -1.02. The lowest BCUT2D eigenvalue weighted by Crippen LogP contribution is -2.14. The van der Waals surface area contributed by atoms with Crippen LogP contribution in [0.5, 0.6) is 0 Å². The zero-order chi connectivity index (χ0) is 10.9. The molecule has 0 spiro atoms. The maximum absolute atomic E-state index is 12.8. The number of rotatable bonds is 1. The van der Waals surface area contributed by atoms with Crippen LogP contribution < -0.4 is 11.3 Å². The number of anilines is 1. The maximum atomic E-state index is 12.8. The van der Waals surface area contributed by atoms with Gasteiger partial charge in [-0.2, -0.15) is 5.26 Å². The summed E-state index contributed by atoms with van der Waals surface area (Å²) in [5, 5.41) is 8.20. The minimum absolute atomic E-state index is 0.998. The molecule has 0 amide bonds. The second-order valence-corrected chi connectivity index (χ2v) is 2.26. The Bertz CT molecular complexity index is 387. The van der Waals surface area contributed by atoms with Crippen LogP contribution in [0.15, 0.2) is 0 Å². The summed E-state index contributed by atoms with van der Waals surface area (Å²) in [4.78, 5) is 0. The van der Waals surface area contributed by atoms with Crippen molar-refractivity contribution in [2.75, 3.05) is 5.43 Å². The van der Waals surface area contributed by atoms with E-state index in [1.54, 1.807) is 0 Å². The van der Waals surface area contributed by atoms with Crippen molar-refractivity contribution < 1.29 is 17.6 Å². The molecule has 0 aliphatic rings. The SMILES string of the molecule is N#Cc1c(F)c(F)c(NN)c(F)c1F. The number of hydrogen-bond donors (Lipinski definition) is 2. The molecule has 14 heavy (non-hydrogen) atoms. The molecule has 74 valence electrons. The van der Waals surface area contributed by atoms with Crippen LogP contribution in [0.4, 0.5) is 23.2 Å². The lowest BCUT2D eigenvalue weighted by Gasteiger charge is -2.06. The van der Waals surface area contributed by atoms with Crippen LogP contribution in [-0.2, 0) is 0 Å². The van der Waals surface area contributed by atoms with Gasteiger partial charge in [0.25, 0.3) is 0 Å². The Labute approximate surface area is 75.7 Å². The lowest BCUT2D eigenvalue weighted by atomic mass is 10.1. The van der Waals surface area contributed by atoms with Gasteiger partial charge in [-0.25, -0.2) is 17.6 Å². The van der Waals surface area contributed by atoms with Crippen LogP contribution in [0.25, 0.3) is 0 Å². The second-order valence-electron chi connectivity index (χ2n) is 2.26. The quantitative estimate of drug-likeness (QED) is 0.315. The first-order valence-electron chi connectivity index (χ1n) is 3.27. The molecule has 0 atom stereocenters. The van der Waals surface area contributed by atoms with Crippen molar-refractivity contribution in [1.29, 1.82) is 5.26 Å². The number of nitrogen functional groups attached to an aromatic ring is 1. The monoisotopic (exact) mass is 205 g/mol. The first-order valence-corrected chi connectivity index (χ1v) is 3.27. The van der Waals surface area contributed by atoms with E-state index in [9.17, 15) is 17.6 Å². The van der Waals surface area contributed by atoms with Crippen molar-refractivity contribution in [2.45, 2.75) is 0 Å². The molecule has 0 unspecified atom stereocenters. The highest BCUT2D eigenvalue weighted by atomic mass is 19.2. The van der Waals surface area contributed by atoms with Gasteiger partial charge in [-0.3, -0.25) is 5.84 Å². The molecule has 1 rings (SSSR count). The van der Waals surface area contributed by atoms with E-state index in [4.69, 9.17) is 5.26 Å². The summed E-state index contributed by atoms with van der Waals surface area (Å²) in [5.74, 6) is -2.39. The Morgan fingerprint density at radius 1 is 1.00 bits per heavy atom. The largest absolute Gasteiger partial charge is 0.319 e. The molecule has 1 aromatic rings. The first kappa shape index (κ1) is 10.3. The van der Waals surface area contributed by atoms with Crippen LogP contribution in [0.2, 0.25) is 0 Å². The molecule has 0 bridgehead atoms. The van der Waals surface area contributed by atoms with E-state index in [0.29, 0.717) is 0 Å². The molecule has 0 saturated heterocycles. The van der Waals surface area contributed by atoms with Crippen LogP contribution >= 0.6 is 0 Å². The molecule has 0 heterocycles. The van der Waals surface area contributed by atoms with E-state index in [1.165, 1.54) is 5.43 Å². The van der Waals surface area contributed by atoms with Crippen molar-refractivity contribution >= 4 is 5.69 Å². The molecule has 0 radical (unpaired) electrons. The van der Waals surface area contributed by atoms with Gasteiger partial charge in [-0.15, -0.1) is 0 Å². The number of nitrogens with two attached hydrogens (primary N) is 1. The van der Waals surface area contributed by atoms with Crippen LogP contribution in [0.1, 0.15) is 5.56 Å². The fourth-order valence-electron chi connectivity index (χ4n) is 0.857. The molecule has 0 saturated carbocycles. The minimum atomic E-state index is -1.78. The van der Waals surface area contributed by atoms with E-state index < -0.39 is 34.5 Å². The van der Waals surface area contributed by atoms with Gasteiger partial charge in [0.15, 0.2) is 23.3 Å². The Balaban J connectivity index is 3.66. The van der Waals surface area contributed by atoms with Gasteiger partial charge in [0.2, 0.25) is 0 Å². The molecule has 0 aliphatic heterocycles. The number of nitrogens with zero attached hydrogens (tertiary/aromatic N) is 1. The van der Waals surface area contributed by atoms with Crippen LogP contribution in [0, 0.1) is 34.6 Å². The van der Waals surface area contributed by atoms with Gasteiger partial charge in [-0.05, 0) is 0 Å². The molecular formula is C7H3F4N3. The topological polar surface area (TPSA) is 61.8 Å². The standard InChI is InChI=1S/C7H3F4N3/c8-3-2(1-12)4(9)6(11)7(14-13)5(3)10/h14H,13H2. The van der Waals surface area contributed by atoms with Crippen molar-refractivity contribution in [1.82, 2.24) is 0 Å². The number of benzene rings is 1. The Morgan fingerprint density at radius 3 is 1.71 bits per heavy atom. The van der Waals surface area contributed by atoms with E-state index in [2.05, 4.69) is 5.84 Å². The van der Waals surface area contributed by atoms with Crippen molar-refractivity contribution in [3.05, 3.63) is 28.8 Å². The number of halogens is 4. The van der Waals surface area contributed by atoms with E-state index in [1.807, 2.05) is 0 Å². The van der Waals surface area contributed by atoms with Crippen LogP contribution in [0.3, 0.4) is 0 Å². The van der Waals surface area contributed by atoms with Gasteiger partial charge in [0, 0.05) is 0 Å². The van der Waals surface area contributed by atoms with Crippen molar-refractivity contribution in [3.8, 4) is 6.07 Å². The summed E-state index contributed by atoms with van der Waals surface area (Å²) in [7, 11) is 0. The lowest BCUT2D eigenvalue weighted by molar-refractivity contribution is 0.454. The van der Waals surface area contributed by atoms with Gasteiger partial charge >= 0.3 is 0 Å². The van der Waals surface area contributed by atoms with Gasteiger partial charge < -0.3 is 5.43 Å². The molecular weight excluding hydrogens is 202 g/mol. The van der Waals surface area contributed by atoms with Gasteiger partial charge in [0.1, 0.15) is 17.3 Å². The molecule has 0 fully saturated rings. The average molecular weight is 205 g/mol. The van der Waals surface area contributed by atoms with E-state index >= 15 is 0 Å². The first-order chi connectivity index (χ1) is 6.54. The Morgan fingerprint density at radius 2 is 1.43 bits per heavy atom. The highest BCUT2D eigenvalue weighted by molar-refractivity contribution is 5.51. The smallest absolute Gasteiger partial charge is 0.187 e. The normalized spacial score (nSPS) is 9.71. The number of nitriles is 1. The zero-order valence-corrected chi connectivity index (χ0v) is 6.54. The molecule has 3 nitrogen and oxygen atoms in total. The minimum Gasteiger partial charge on any atom is -0.319 e. The maximum Gasteiger partial charge on any atom is 0.187 e. The summed E-state index contributed by atoms with van der Waals surface area (Å²) in [6, 6.07) is 0.998. The van der Waals surface area contributed by atoms with E-state index in [-0.39, 0.29) is 0 Å². The summed E-state index contributed by atoms with van der Waals surface area (Å²) in [6.07, 6.45) is 0. The second kappa shape index (κ2) is 3.51. The number of hydrazine groups is 1. The fourth-order valence-corrected chi connectivity index (χ4v) is 0.857. The van der Waals surface area contributed by atoms with E-state index in [0.717, 1.165) is 6.07 Å².